The number of aryl methyl sites for hydroxylation is 1. The Labute approximate surface area is 188 Å². The van der Waals surface area contributed by atoms with E-state index in [4.69, 9.17) is 11.6 Å². The van der Waals surface area contributed by atoms with Crippen molar-refractivity contribution in [2.75, 3.05) is 0 Å². The molecule has 0 saturated carbocycles. The van der Waals surface area contributed by atoms with E-state index in [1.807, 2.05) is 13.0 Å². The summed E-state index contributed by atoms with van der Waals surface area (Å²) in [7, 11) is 0. The summed E-state index contributed by atoms with van der Waals surface area (Å²) in [5, 5.41) is 18.9. The van der Waals surface area contributed by atoms with Crippen molar-refractivity contribution in [3.05, 3.63) is 57.0 Å². The maximum absolute atomic E-state index is 12.5. The number of carbonyl (C=O) groups is 2. The fourth-order valence-corrected chi connectivity index (χ4v) is 4.33. The number of nitrogens with one attached hydrogen (secondary N) is 1. The Morgan fingerprint density at radius 1 is 1.30 bits per heavy atom. The monoisotopic (exact) mass is 504 g/mol. The number of amidine groups is 1. The first-order chi connectivity index (χ1) is 14.3. The molecular formula is C20H14BrClN4O3S. The number of thioether (sulfide) groups is 1. The number of rotatable bonds is 4. The lowest BCUT2D eigenvalue weighted by Gasteiger charge is -2.06. The minimum atomic E-state index is -0.659. The number of ketones is 1. The number of hydrogen-bond acceptors (Lipinski definition) is 6. The van der Waals surface area contributed by atoms with Crippen LogP contribution in [0.1, 0.15) is 22.3 Å². The number of aromatic amines is 1. The lowest BCUT2D eigenvalue weighted by molar-refractivity contribution is -0.117. The molecule has 3 aromatic rings. The minimum absolute atomic E-state index is 0.00161. The zero-order chi connectivity index (χ0) is 21.4. The highest BCUT2D eigenvalue weighted by Crippen LogP contribution is 2.37. The van der Waals surface area contributed by atoms with Crippen molar-refractivity contribution in [2.24, 2.45) is 15.2 Å². The number of hydrogen-bond donors (Lipinski definition) is 2. The Kier molecular flexibility index (Phi) is 5.77. The summed E-state index contributed by atoms with van der Waals surface area (Å²) in [5.74, 6) is -0.737. The van der Waals surface area contributed by atoms with Crippen molar-refractivity contribution < 1.29 is 14.7 Å². The molecule has 0 aliphatic carbocycles. The summed E-state index contributed by atoms with van der Waals surface area (Å²) in [6.45, 7) is 1.81. The van der Waals surface area contributed by atoms with Gasteiger partial charge in [-0.1, -0.05) is 39.3 Å². The van der Waals surface area contributed by atoms with E-state index in [0.717, 1.165) is 21.8 Å². The van der Waals surface area contributed by atoms with Crippen molar-refractivity contribution in [3.8, 4) is 5.88 Å². The molecule has 2 aromatic carbocycles. The van der Waals surface area contributed by atoms with Gasteiger partial charge in [-0.2, -0.15) is 4.99 Å². The average Bonchev–Trinajstić information content (AvgIpc) is 3.20. The highest BCUT2D eigenvalue weighted by molar-refractivity contribution is 9.10. The summed E-state index contributed by atoms with van der Waals surface area (Å²) >= 11 is 10.5. The summed E-state index contributed by atoms with van der Waals surface area (Å²) in [5.41, 5.74) is 2.24. The second-order valence-electron chi connectivity index (χ2n) is 6.64. The summed E-state index contributed by atoms with van der Waals surface area (Å²) in [6, 6.07) is 10.4. The van der Waals surface area contributed by atoms with Crippen LogP contribution < -0.4 is 0 Å². The lowest BCUT2D eigenvalue weighted by Crippen LogP contribution is -2.16. The molecule has 0 spiro atoms. The van der Waals surface area contributed by atoms with Crippen LogP contribution in [0.15, 0.2) is 56.1 Å². The van der Waals surface area contributed by atoms with Gasteiger partial charge in [-0.15, -0.1) is 10.2 Å². The van der Waals surface area contributed by atoms with Crippen LogP contribution in [0, 0.1) is 6.92 Å². The molecule has 1 atom stereocenters. The zero-order valence-corrected chi connectivity index (χ0v) is 18.7. The van der Waals surface area contributed by atoms with Crippen LogP contribution in [0.5, 0.6) is 5.88 Å². The summed E-state index contributed by atoms with van der Waals surface area (Å²) < 4.78 is 0.823. The Morgan fingerprint density at radius 2 is 2.10 bits per heavy atom. The van der Waals surface area contributed by atoms with Crippen molar-refractivity contribution in [1.29, 1.82) is 0 Å². The number of amides is 1. The molecule has 1 aliphatic heterocycles. The highest BCUT2D eigenvalue weighted by Gasteiger charge is 2.31. The Morgan fingerprint density at radius 3 is 2.87 bits per heavy atom. The number of aliphatic imine (C=N–C) groups is 1. The standard InChI is InChI=1S/C20H14BrClN4O3S/c1-9-6-10(2-4-13(9)22)15(27)8-16-18(28)24-20(30-16)26-25-17-12-7-11(21)3-5-14(12)23-19(17)29/h2-7,16,23,29H,8H2,1H3. The van der Waals surface area contributed by atoms with E-state index in [1.54, 1.807) is 30.3 Å². The molecule has 2 heterocycles. The lowest BCUT2D eigenvalue weighted by atomic mass is 10.0. The number of halogens is 2. The predicted octanol–water partition coefficient (Wildman–Crippen LogP) is 5.95. The van der Waals surface area contributed by atoms with Crippen molar-refractivity contribution in [3.63, 3.8) is 0 Å². The van der Waals surface area contributed by atoms with Gasteiger partial charge in [-0.05, 0) is 48.9 Å². The topological polar surface area (TPSA) is 107 Å². The molecule has 7 nitrogen and oxygen atoms in total. The highest BCUT2D eigenvalue weighted by atomic mass is 79.9. The van der Waals surface area contributed by atoms with Gasteiger partial charge in [0.25, 0.3) is 5.91 Å². The van der Waals surface area contributed by atoms with E-state index >= 15 is 0 Å². The maximum Gasteiger partial charge on any atom is 0.262 e. The van der Waals surface area contributed by atoms with Crippen LogP contribution in [0.2, 0.25) is 5.02 Å². The molecule has 4 rings (SSSR count). The fourth-order valence-electron chi connectivity index (χ4n) is 2.98. The van der Waals surface area contributed by atoms with E-state index in [2.05, 4.69) is 36.1 Å². The minimum Gasteiger partial charge on any atom is -0.493 e. The van der Waals surface area contributed by atoms with Gasteiger partial charge in [-0.25, -0.2) is 0 Å². The molecule has 1 unspecified atom stereocenters. The van der Waals surface area contributed by atoms with Crippen LogP contribution >= 0.6 is 39.3 Å². The van der Waals surface area contributed by atoms with Crippen LogP contribution in [-0.4, -0.2) is 32.2 Å². The first-order valence-corrected chi connectivity index (χ1v) is 10.9. The van der Waals surface area contributed by atoms with Crippen molar-refractivity contribution >= 4 is 72.7 Å². The molecule has 1 aromatic heterocycles. The maximum atomic E-state index is 12.5. The molecular weight excluding hydrogens is 492 g/mol. The van der Waals surface area contributed by atoms with Crippen molar-refractivity contribution in [2.45, 2.75) is 18.6 Å². The number of aromatic hydroxyl groups is 1. The summed E-state index contributed by atoms with van der Waals surface area (Å²) in [6.07, 6.45) is -0.00161. The van der Waals surface area contributed by atoms with E-state index in [1.165, 1.54) is 0 Å². The molecule has 10 heteroatoms. The smallest absolute Gasteiger partial charge is 0.262 e. The first kappa shape index (κ1) is 20.8. The third-order valence-electron chi connectivity index (χ3n) is 4.53. The second-order valence-corrected chi connectivity index (χ2v) is 9.14. The SMILES string of the molecule is Cc1cc(C(=O)CC2SC(N=Nc3c(O)[nH]c4ccc(Br)cc34)=NC2=O)ccc1Cl. The van der Waals surface area contributed by atoms with Gasteiger partial charge in [0.15, 0.2) is 11.5 Å². The molecule has 1 amide bonds. The number of carbonyl (C=O) groups excluding carboxylic acids is 2. The number of nitrogens with zero attached hydrogens (tertiary/aromatic N) is 3. The second kappa shape index (κ2) is 8.33. The van der Waals surface area contributed by atoms with Crippen LogP contribution in [0.3, 0.4) is 0 Å². The van der Waals surface area contributed by atoms with Gasteiger partial charge in [0.05, 0.1) is 5.52 Å². The van der Waals surface area contributed by atoms with Gasteiger partial charge in [-0.3, -0.25) is 9.59 Å². The van der Waals surface area contributed by atoms with Crippen LogP contribution in [0.25, 0.3) is 10.9 Å². The van der Waals surface area contributed by atoms with Gasteiger partial charge >= 0.3 is 0 Å². The van der Waals surface area contributed by atoms with E-state index in [9.17, 15) is 14.7 Å². The third kappa shape index (κ3) is 4.19. The molecule has 0 bridgehead atoms. The normalized spacial score (nSPS) is 16.6. The van der Waals surface area contributed by atoms with Crippen LogP contribution in [0.4, 0.5) is 5.69 Å². The van der Waals surface area contributed by atoms with E-state index in [-0.39, 0.29) is 28.9 Å². The van der Waals surface area contributed by atoms with Gasteiger partial charge in [0.1, 0.15) is 5.25 Å². The Balaban J connectivity index is 1.48. The molecule has 30 heavy (non-hydrogen) atoms. The Bertz CT molecular complexity index is 1250. The summed E-state index contributed by atoms with van der Waals surface area (Å²) in [4.78, 5) is 31.4. The molecule has 1 aliphatic rings. The van der Waals surface area contributed by atoms with E-state index < -0.39 is 11.2 Å². The molecule has 0 saturated heterocycles. The fraction of sp³-hybridized carbons (Fsp3) is 0.150. The number of fused-ring (bicyclic) bond motifs is 1. The zero-order valence-electron chi connectivity index (χ0n) is 15.5. The first-order valence-electron chi connectivity index (χ1n) is 8.82. The number of Topliss-reactive ketones (excluding diaryl/α,β-unsaturated/α-hetero) is 1. The number of benzene rings is 2. The number of H-pyrrole nitrogens is 1. The van der Waals surface area contributed by atoms with Crippen molar-refractivity contribution in [1.82, 2.24) is 4.98 Å². The molecule has 0 fully saturated rings. The molecule has 0 radical (unpaired) electrons. The third-order valence-corrected chi connectivity index (χ3v) is 6.48. The van der Waals surface area contributed by atoms with E-state index in [0.29, 0.717) is 21.5 Å². The van der Waals surface area contributed by atoms with Crippen LogP contribution in [-0.2, 0) is 4.79 Å². The molecule has 152 valence electrons. The Hall–Kier alpha value is -2.49. The molecule has 2 N–H and O–H groups in total. The quantitative estimate of drug-likeness (QED) is 0.337. The van der Waals surface area contributed by atoms with Gasteiger partial charge < -0.3 is 10.1 Å². The largest absolute Gasteiger partial charge is 0.493 e. The van der Waals surface area contributed by atoms with Gasteiger partial charge in [0.2, 0.25) is 11.0 Å². The predicted molar refractivity (Wildman–Crippen MR) is 121 cm³/mol. The number of azo groups is 1. The van der Waals surface area contributed by atoms with Gasteiger partial charge in [0, 0.05) is 26.9 Å². The average molecular weight is 506 g/mol. The number of aromatic nitrogens is 1.